The maximum absolute atomic E-state index is 12.6. The average Bonchev–Trinajstić information content (AvgIpc) is 2.73. The van der Waals surface area contributed by atoms with Crippen LogP contribution in [-0.2, 0) is 4.79 Å². The number of aryl methyl sites for hydroxylation is 1. The molecule has 1 amide bonds. The predicted octanol–water partition coefficient (Wildman–Crippen LogP) is 3.75. The molecule has 0 saturated carbocycles. The maximum Gasteiger partial charge on any atom is 0.240 e. The zero-order valence-corrected chi connectivity index (χ0v) is 17.7. The van der Waals surface area contributed by atoms with E-state index in [4.69, 9.17) is 0 Å². The largest absolute Gasteiger partial charge is 0.368 e. The molecule has 2 aromatic carbocycles. The highest BCUT2D eigenvalue weighted by molar-refractivity contribution is 5.94. The van der Waals surface area contributed by atoms with E-state index in [-0.39, 0.29) is 18.3 Å². The normalized spacial score (nSPS) is 14.5. The van der Waals surface area contributed by atoms with Gasteiger partial charge in [-0.1, -0.05) is 36.4 Å². The van der Waals surface area contributed by atoms with Crippen molar-refractivity contribution in [3.8, 4) is 0 Å². The molecule has 2 heterocycles. The van der Waals surface area contributed by atoms with E-state index in [9.17, 15) is 4.79 Å². The standard InChI is InChI=1S/C23H26N4O.ClH/c1-18-16-22(20-10-6-7-11-21(20)24-18)27-14-12-26(13-15-27)17-23(28)25(2)19-8-4-3-5-9-19;/h3-11,16H,12-15,17H2,1-2H3;1H. The van der Waals surface area contributed by atoms with E-state index in [1.54, 1.807) is 4.90 Å². The van der Waals surface area contributed by atoms with E-state index < -0.39 is 0 Å². The first-order chi connectivity index (χ1) is 13.6. The summed E-state index contributed by atoms with van der Waals surface area (Å²) in [6.07, 6.45) is 0. The van der Waals surface area contributed by atoms with Crippen LogP contribution in [0.5, 0.6) is 0 Å². The number of pyridine rings is 1. The Morgan fingerprint density at radius 2 is 1.66 bits per heavy atom. The number of amides is 1. The SMILES string of the molecule is Cc1cc(N2CCN(CC(=O)N(C)c3ccccc3)CC2)c2ccccc2n1.Cl. The molecule has 0 spiro atoms. The van der Waals surface area contributed by atoms with Crippen molar-refractivity contribution in [1.82, 2.24) is 9.88 Å². The van der Waals surface area contributed by atoms with E-state index in [2.05, 4.69) is 39.0 Å². The second kappa shape index (κ2) is 9.25. The first-order valence-electron chi connectivity index (χ1n) is 9.77. The van der Waals surface area contributed by atoms with E-state index in [1.807, 2.05) is 50.4 Å². The van der Waals surface area contributed by atoms with Crippen molar-refractivity contribution in [2.45, 2.75) is 6.92 Å². The Morgan fingerprint density at radius 3 is 2.38 bits per heavy atom. The number of anilines is 2. The van der Waals surface area contributed by atoms with Gasteiger partial charge in [-0.2, -0.15) is 0 Å². The maximum atomic E-state index is 12.6. The molecule has 0 unspecified atom stereocenters. The molecular weight excluding hydrogens is 384 g/mol. The molecule has 1 saturated heterocycles. The van der Waals surface area contributed by atoms with Gasteiger partial charge in [0, 0.05) is 55.7 Å². The number of carbonyl (C=O) groups excluding carboxylic acids is 1. The molecule has 6 heteroatoms. The number of nitrogens with zero attached hydrogens (tertiary/aromatic N) is 4. The molecule has 0 bridgehead atoms. The molecule has 0 aliphatic carbocycles. The van der Waals surface area contributed by atoms with Crippen molar-refractivity contribution in [2.75, 3.05) is 49.6 Å². The molecule has 0 N–H and O–H groups in total. The average molecular weight is 411 g/mol. The minimum atomic E-state index is 0. The Balaban J connectivity index is 0.00000240. The van der Waals surface area contributed by atoms with Crippen molar-refractivity contribution >= 4 is 40.6 Å². The quantitative estimate of drug-likeness (QED) is 0.656. The summed E-state index contributed by atoms with van der Waals surface area (Å²) >= 11 is 0. The number of fused-ring (bicyclic) bond motifs is 1. The van der Waals surface area contributed by atoms with Crippen LogP contribution in [0.2, 0.25) is 0 Å². The molecule has 3 aromatic rings. The molecule has 0 radical (unpaired) electrons. The lowest BCUT2D eigenvalue weighted by molar-refractivity contribution is -0.119. The number of hydrogen-bond donors (Lipinski definition) is 0. The zero-order chi connectivity index (χ0) is 19.5. The van der Waals surface area contributed by atoms with Crippen LogP contribution in [0.25, 0.3) is 10.9 Å². The number of para-hydroxylation sites is 2. The molecule has 1 fully saturated rings. The monoisotopic (exact) mass is 410 g/mol. The molecule has 29 heavy (non-hydrogen) atoms. The van der Waals surface area contributed by atoms with Gasteiger partial charge in [-0.3, -0.25) is 14.7 Å². The van der Waals surface area contributed by atoms with E-state index in [1.165, 1.54) is 11.1 Å². The van der Waals surface area contributed by atoms with Crippen LogP contribution in [0.15, 0.2) is 60.7 Å². The smallest absolute Gasteiger partial charge is 0.240 e. The molecule has 1 aromatic heterocycles. The van der Waals surface area contributed by atoms with Gasteiger partial charge in [-0.15, -0.1) is 12.4 Å². The summed E-state index contributed by atoms with van der Waals surface area (Å²) in [7, 11) is 1.85. The third kappa shape index (κ3) is 4.69. The summed E-state index contributed by atoms with van der Waals surface area (Å²) in [5.74, 6) is 0.129. The number of carbonyl (C=O) groups is 1. The second-order valence-electron chi connectivity index (χ2n) is 7.35. The van der Waals surface area contributed by atoms with Crippen molar-refractivity contribution in [3.05, 3.63) is 66.4 Å². The van der Waals surface area contributed by atoms with Gasteiger partial charge in [0.25, 0.3) is 0 Å². The van der Waals surface area contributed by atoms with Crippen LogP contribution in [0, 0.1) is 6.92 Å². The first-order valence-corrected chi connectivity index (χ1v) is 9.77. The molecule has 1 aliphatic heterocycles. The van der Waals surface area contributed by atoms with Crippen molar-refractivity contribution < 1.29 is 4.79 Å². The highest BCUT2D eigenvalue weighted by Gasteiger charge is 2.22. The number of piperazine rings is 1. The van der Waals surface area contributed by atoms with Gasteiger partial charge in [-0.25, -0.2) is 0 Å². The highest BCUT2D eigenvalue weighted by atomic mass is 35.5. The van der Waals surface area contributed by atoms with E-state index in [0.717, 1.165) is 43.1 Å². The fraction of sp³-hybridized carbons (Fsp3) is 0.304. The van der Waals surface area contributed by atoms with Gasteiger partial charge >= 0.3 is 0 Å². The summed E-state index contributed by atoms with van der Waals surface area (Å²) in [6, 6.07) is 20.3. The van der Waals surface area contributed by atoms with Gasteiger partial charge < -0.3 is 9.80 Å². The van der Waals surface area contributed by atoms with Crippen molar-refractivity contribution in [2.24, 2.45) is 0 Å². The number of rotatable bonds is 4. The van der Waals surface area contributed by atoms with Gasteiger partial charge in [0.1, 0.15) is 0 Å². The predicted molar refractivity (Wildman–Crippen MR) is 122 cm³/mol. The summed E-state index contributed by atoms with van der Waals surface area (Å²) in [6.45, 7) is 6.08. The number of benzene rings is 2. The number of halogens is 1. The van der Waals surface area contributed by atoms with E-state index in [0.29, 0.717) is 6.54 Å². The molecule has 5 nitrogen and oxygen atoms in total. The summed E-state index contributed by atoms with van der Waals surface area (Å²) in [4.78, 5) is 23.7. The molecule has 4 rings (SSSR count). The zero-order valence-electron chi connectivity index (χ0n) is 16.9. The highest BCUT2D eigenvalue weighted by Crippen LogP contribution is 2.27. The third-order valence-electron chi connectivity index (χ3n) is 5.41. The Bertz CT molecular complexity index is 971. The Labute approximate surface area is 178 Å². The summed E-state index contributed by atoms with van der Waals surface area (Å²) in [5.41, 5.74) is 4.26. The fourth-order valence-electron chi connectivity index (χ4n) is 3.79. The number of likely N-dealkylation sites (N-methyl/N-ethyl adjacent to an activating group) is 1. The van der Waals surface area contributed by atoms with Gasteiger partial charge in [0.2, 0.25) is 5.91 Å². The lowest BCUT2D eigenvalue weighted by Crippen LogP contribution is -2.49. The summed E-state index contributed by atoms with van der Waals surface area (Å²) in [5, 5.41) is 1.20. The summed E-state index contributed by atoms with van der Waals surface area (Å²) < 4.78 is 0. The topological polar surface area (TPSA) is 39.7 Å². The third-order valence-corrected chi connectivity index (χ3v) is 5.41. The van der Waals surface area contributed by atoms with Gasteiger partial charge in [0.15, 0.2) is 0 Å². The van der Waals surface area contributed by atoms with Crippen molar-refractivity contribution in [3.63, 3.8) is 0 Å². The lowest BCUT2D eigenvalue weighted by atomic mass is 10.1. The number of aromatic nitrogens is 1. The van der Waals surface area contributed by atoms with Crippen molar-refractivity contribution in [1.29, 1.82) is 0 Å². The van der Waals surface area contributed by atoms with Crippen LogP contribution in [0.3, 0.4) is 0 Å². The molecule has 152 valence electrons. The van der Waals surface area contributed by atoms with Gasteiger partial charge in [0.05, 0.1) is 12.1 Å². The van der Waals surface area contributed by atoms with Gasteiger partial charge in [-0.05, 0) is 31.2 Å². The minimum absolute atomic E-state index is 0. The lowest BCUT2D eigenvalue weighted by Gasteiger charge is -2.36. The number of hydrogen-bond acceptors (Lipinski definition) is 4. The van der Waals surface area contributed by atoms with Crippen LogP contribution >= 0.6 is 12.4 Å². The Kier molecular flexibility index (Phi) is 6.72. The second-order valence-corrected chi connectivity index (χ2v) is 7.35. The van der Waals surface area contributed by atoms with Crippen LogP contribution in [-0.4, -0.2) is 55.6 Å². The van der Waals surface area contributed by atoms with E-state index >= 15 is 0 Å². The minimum Gasteiger partial charge on any atom is -0.368 e. The molecule has 0 atom stereocenters. The first kappa shape index (κ1) is 21.1. The fourth-order valence-corrected chi connectivity index (χ4v) is 3.79. The van der Waals surface area contributed by atoms with Crippen LogP contribution in [0.1, 0.15) is 5.69 Å². The molecular formula is C23H27ClN4O. The van der Waals surface area contributed by atoms with Crippen LogP contribution in [0.4, 0.5) is 11.4 Å². The van der Waals surface area contributed by atoms with Crippen LogP contribution < -0.4 is 9.80 Å². The Morgan fingerprint density at radius 1 is 1.00 bits per heavy atom. The Hall–Kier alpha value is -2.63. The molecule has 1 aliphatic rings.